The number of sulfonamides is 1. The lowest BCUT2D eigenvalue weighted by Gasteiger charge is -2.42. The van der Waals surface area contributed by atoms with Crippen LogP contribution in [0.3, 0.4) is 0 Å². The van der Waals surface area contributed by atoms with Crippen molar-refractivity contribution in [1.82, 2.24) is 9.62 Å². The van der Waals surface area contributed by atoms with Gasteiger partial charge in [0.2, 0.25) is 10.0 Å². The maximum Gasteiger partial charge on any atom is 0.256 e. The van der Waals surface area contributed by atoms with Crippen molar-refractivity contribution in [2.24, 2.45) is 5.73 Å². The number of carbonyl (C=O) groups is 2. The lowest BCUT2D eigenvalue weighted by Crippen LogP contribution is -2.55. The van der Waals surface area contributed by atoms with Crippen LogP contribution in [-0.4, -0.2) is 43.2 Å². The molecule has 2 aromatic rings. The van der Waals surface area contributed by atoms with Gasteiger partial charge in [0.1, 0.15) is 5.00 Å². The van der Waals surface area contributed by atoms with Crippen molar-refractivity contribution in [3.8, 4) is 0 Å². The Morgan fingerprint density at radius 2 is 1.68 bits per heavy atom. The molecule has 2 heterocycles. The highest BCUT2D eigenvalue weighted by atomic mass is 35.5. The molecule has 0 saturated carbocycles. The average Bonchev–Trinajstić information content (AvgIpc) is 3.06. The molecule has 1 aliphatic heterocycles. The van der Waals surface area contributed by atoms with Crippen molar-refractivity contribution in [2.45, 2.75) is 63.9 Å². The van der Waals surface area contributed by atoms with Crippen LogP contribution in [0.25, 0.3) is 0 Å². The number of primary amides is 1. The molecule has 34 heavy (non-hydrogen) atoms. The van der Waals surface area contributed by atoms with Crippen LogP contribution in [0.1, 0.15) is 72.7 Å². The van der Waals surface area contributed by atoms with Gasteiger partial charge in [-0.2, -0.15) is 4.31 Å². The summed E-state index contributed by atoms with van der Waals surface area (Å²) >= 11 is 1.34. The van der Waals surface area contributed by atoms with Gasteiger partial charge in [-0.25, -0.2) is 8.42 Å². The molecule has 0 atom stereocenters. The molecule has 8 nitrogen and oxygen atoms in total. The number of nitrogens with zero attached hydrogens (tertiary/aromatic N) is 1. The third kappa shape index (κ3) is 5.31. The molecule has 1 aliphatic rings. The van der Waals surface area contributed by atoms with Gasteiger partial charge in [0.25, 0.3) is 11.8 Å². The Hall–Kier alpha value is -1.98. The Morgan fingerprint density at radius 1 is 1.12 bits per heavy atom. The zero-order chi connectivity index (χ0) is 24.8. The van der Waals surface area contributed by atoms with E-state index in [-0.39, 0.29) is 28.4 Å². The quantitative estimate of drug-likeness (QED) is 0.505. The van der Waals surface area contributed by atoms with E-state index in [0.717, 1.165) is 10.4 Å². The molecule has 188 valence electrons. The molecular formula is C23H33ClN4O4S2. The average molecular weight is 529 g/mol. The van der Waals surface area contributed by atoms with Gasteiger partial charge in [-0.3, -0.25) is 9.59 Å². The first kappa shape index (κ1) is 28.3. The van der Waals surface area contributed by atoms with Crippen molar-refractivity contribution in [3.63, 3.8) is 0 Å². The Balaban J connectivity index is 0.00000408. The maximum atomic E-state index is 13.0. The van der Waals surface area contributed by atoms with Gasteiger partial charge in [-0.05, 0) is 63.9 Å². The van der Waals surface area contributed by atoms with E-state index in [1.165, 1.54) is 39.9 Å². The summed E-state index contributed by atoms with van der Waals surface area (Å²) < 4.78 is 26.7. The highest BCUT2D eigenvalue weighted by Crippen LogP contribution is 2.45. The fourth-order valence-corrected chi connectivity index (χ4v) is 7.28. The first-order valence-electron chi connectivity index (χ1n) is 10.9. The van der Waals surface area contributed by atoms with Crippen LogP contribution < -0.4 is 16.4 Å². The molecule has 1 aromatic carbocycles. The number of halogens is 1. The monoisotopic (exact) mass is 528 g/mol. The highest BCUT2D eigenvalue weighted by molar-refractivity contribution is 7.89. The minimum Gasteiger partial charge on any atom is -0.365 e. The Bertz CT molecular complexity index is 1180. The summed E-state index contributed by atoms with van der Waals surface area (Å²) in [5.41, 5.74) is 6.57. The lowest BCUT2D eigenvalue weighted by molar-refractivity contribution is 0.0999. The van der Waals surface area contributed by atoms with Crippen LogP contribution >= 0.6 is 23.7 Å². The summed E-state index contributed by atoms with van der Waals surface area (Å²) in [6, 6.07) is 5.79. The number of anilines is 1. The van der Waals surface area contributed by atoms with Crippen molar-refractivity contribution < 1.29 is 18.0 Å². The molecule has 2 amide bonds. The summed E-state index contributed by atoms with van der Waals surface area (Å²) in [7, 11) is -3.61. The summed E-state index contributed by atoms with van der Waals surface area (Å²) in [6.07, 6.45) is 0.605. The number of benzene rings is 1. The maximum absolute atomic E-state index is 13.0. The second-order valence-electron chi connectivity index (χ2n) is 9.36. The number of amides is 2. The molecule has 0 bridgehead atoms. The molecule has 4 N–H and O–H groups in total. The third-order valence-electron chi connectivity index (χ3n) is 5.78. The van der Waals surface area contributed by atoms with E-state index in [0.29, 0.717) is 30.1 Å². The number of hydrogen-bond acceptors (Lipinski definition) is 6. The molecule has 11 heteroatoms. The SMILES string of the molecule is CCN(CC)S(=O)(=O)c1ccc(C(=O)Nc2sc3c(c2C(N)=O)CC(C)(C)NC3(C)C)cc1.Cl. The van der Waals surface area contributed by atoms with Gasteiger partial charge < -0.3 is 16.4 Å². The standard InChI is InChI=1S/C23H32N4O4S2.ClH/c1-7-27(8-2)33(30,31)15-11-9-14(10-12-15)20(29)25-21-17(19(24)28)16-13-22(3,4)26-23(5,6)18(16)32-21;/h9-12,26H,7-8,13H2,1-6H3,(H2,24,28)(H,25,29);1H. The summed E-state index contributed by atoms with van der Waals surface area (Å²) in [5.74, 6) is -1.02. The third-order valence-corrected chi connectivity index (χ3v) is 9.31. The molecule has 0 unspecified atom stereocenters. The van der Waals surface area contributed by atoms with Gasteiger partial charge in [-0.1, -0.05) is 13.8 Å². The van der Waals surface area contributed by atoms with Gasteiger partial charge in [-0.15, -0.1) is 23.7 Å². The molecule has 0 spiro atoms. The minimum absolute atomic E-state index is 0. The topological polar surface area (TPSA) is 122 Å². The number of nitrogens with two attached hydrogens (primary N) is 1. The predicted molar refractivity (Wildman–Crippen MR) is 139 cm³/mol. The molecular weight excluding hydrogens is 496 g/mol. The van der Waals surface area contributed by atoms with E-state index in [9.17, 15) is 18.0 Å². The molecule has 0 radical (unpaired) electrons. The van der Waals surface area contributed by atoms with Crippen LogP contribution in [0.5, 0.6) is 0 Å². The number of fused-ring (bicyclic) bond motifs is 1. The molecule has 0 aliphatic carbocycles. The van der Waals surface area contributed by atoms with Crippen LogP contribution in [0.2, 0.25) is 0 Å². The summed E-state index contributed by atoms with van der Waals surface area (Å²) in [5, 5.41) is 6.81. The smallest absolute Gasteiger partial charge is 0.256 e. The molecule has 0 saturated heterocycles. The van der Waals surface area contributed by atoms with E-state index in [1.807, 2.05) is 13.8 Å². The fourth-order valence-electron chi connectivity index (χ4n) is 4.54. The molecule has 0 fully saturated rings. The second kappa shape index (κ2) is 9.94. The van der Waals surface area contributed by atoms with Crippen molar-refractivity contribution >= 4 is 50.6 Å². The van der Waals surface area contributed by atoms with Gasteiger partial charge in [0, 0.05) is 34.6 Å². The van der Waals surface area contributed by atoms with Crippen molar-refractivity contribution in [1.29, 1.82) is 0 Å². The summed E-state index contributed by atoms with van der Waals surface area (Å²) in [6.45, 7) is 12.5. The Morgan fingerprint density at radius 3 is 2.18 bits per heavy atom. The Labute approximate surface area is 211 Å². The summed E-state index contributed by atoms with van der Waals surface area (Å²) in [4.78, 5) is 26.4. The van der Waals surface area contributed by atoms with E-state index < -0.39 is 27.4 Å². The number of carbonyl (C=O) groups excluding carboxylic acids is 2. The predicted octanol–water partition coefficient (Wildman–Crippen LogP) is 3.71. The fraction of sp³-hybridized carbons (Fsp3) is 0.478. The number of hydrogen-bond donors (Lipinski definition) is 3. The minimum atomic E-state index is -3.61. The van der Waals surface area contributed by atoms with Gasteiger partial charge in [0.05, 0.1) is 10.5 Å². The first-order chi connectivity index (χ1) is 15.2. The van der Waals surface area contributed by atoms with E-state index in [1.54, 1.807) is 13.8 Å². The lowest BCUT2D eigenvalue weighted by atomic mass is 9.81. The number of thiophene rings is 1. The van der Waals surface area contributed by atoms with Crippen LogP contribution in [0, 0.1) is 0 Å². The highest BCUT2D eigenvalue weighted by Gasteiger charge is 2.41. The van der Waals surface area contributed by atoms with E-state index >= 15 is 0 Å². The number of rotatable bonds is 7. The van der Waals surface area contributed by atoms with E-state index in [2.05, 4.69) is 24.5 Å². The first-order valence-corrected chi connectivity index (χ1v) is 13.2. The largest absolute Gasteiger partial charge is 0.365 e. The zero-order valence-electron chi connectivity index (χ0n) is 20.3. The van der Waals surface area contributed by atoms with Crippen molar-refractivity contribution in [2.75, 3.05) is 18.4 Å². The van der Waals surface area contributed by atoms with E-state index in [4.69, 9.17) is 5.73 Å². The molecule has 1 aromatic heterocycles. The van der Waals surface area contributed by atoms with Gasteiger partial charge in [0.15, 0.2) is 0 Å². The van der Waals surface area contributed by atoms with Gasteiger partial charge >= 0.3 is 0 Å². The van der Waals surface area contributed by atoms with Crippen LogP contribution in [0.4, 0.5) is 5.00 Å². The van der Waals surface area contributed by atoms with Crippen LogP contribution in [0.15, 0.2) is 29.2 Å². The number of nitrogens with one attached hydrogen (secondary N) is 2. The van der Waals surface area contributed by atoms with Crippen LogP contribution in [-0.2, 0) is 22.0 Å². The normalized spacial score (nSPS) is 16.4. The zero-order valence-corrected chi connectivity index (χ0v) is 22.8. The Kier molecular flexibility index (Phi) is 8.27. The second-order valence-corrected chi connectivity index (χ2v) is 12.3. The van der Waals surface area contributed by atoms with Crippen molar-refractivity contribution in [3.05, 3.63) is 45.8 Å². The molecule has 3 rings (SSSR count).